The average Bonchev–Trinajstić information content (AvgIpc) is 2.30. The summed E-state index contributed by atoms with van der Waals surface area (Å²) < 4.78 is 0. The van der Waals surface area contributed by atoms with E-state index in [2.05, 4.69) is 24.3 Å². The summed E-state index contributed by atoms with van der Waals surface area (Å²) in [5, 5.41) is 1.32. The number of halogens is 2. The molecule has 2 aromatic rings. The molecule has 18 heavy (non-hydrogen) atoms. The molecule has 0 aliphatic rings. The van der Waals surface area contributed by atoms with Crippen molar-refractivity contribution in [2.45, 2.75) is 19.4 Å². The molecule has 0 saturated heterocycles. The number of hydrogen-bond donors (Lipinski definition) is 1. The average molecular weight is 280 g/mol. The van der Waals surface area contributed by atoms with Crippen molar-refractivity contribution in [1.82, 2.24) is 0 Å². The smallest absolute Gasteiger partial charge is 0.0499 e. The molecule has 0 fully saturated rings. The molecule has 0 saturated carbocycles. The Morgan fingerprint density at radius 1 is 1.06 bits per heavy atom. The zero-order chi connectivity index (χ0) is 13.1. The Hall–Kier alpha value is -1.02. The molecule has 0 amide bonds. The highest BCUT2D eigenvalue weighted by Gasteiger charge is 2.05. The monoisotopic (exact) mass is 279 g/mol. The van der Waals surface area contributed by atoms with Gasteiger partial charge in [0.25, 0.3) is 0 Å². The molecule has 0 spiro atoms. The van der Waals surface area contributed by atoms with Gasteiger partial charge in [0.15, 0.2) is 0 Å². The zero-order valence-electron chi connectivity index (χ0n) is 10.2. The quantitative estimate of drug-likeness (QED) is 0.877. The van der Waals surface area contributed by atoms with Gasteiger partial charge in [0, 0.05) is 21.7 Å². The zero-order valence-corrected chi connectivity index (χ0v) is 11.7. The fourth-order valence-corrected chi connectivity index (χ4v) is 2.43. The Bertz CT molecular complexity index is 533. The van der Waals surface area contributed by atoms with Crippen LogP contribution in [-0.4, -0.2) is 6.04 Å². The van der Waals surface area contributed by atoms with Gasteiger partial charge in [0.05, 0.1) is 0 Å². The molecule has 0 aromatic heterocycles. The minimum atomic E-state index is 0.176. The molecule has 94 valence electrons. The highest BCUT2D eigenvalue weighted by Crippen LogP contribution is 2.30. The van der Waals surface area contributed by atoms with Crippen LogP contribution in [0.5, 0.6) is 0 Å². The molecule has 2 rings (SSSR count). The maximum absolute atomic E-state index is 6.18. The summed E-state index contributed by atoms with van der Waals surface area (Å²) in [7, 11) is 0. The number of nitrogens with two attached hydrogens (primary N) is 1. The molecule has 2 aromatic carbocycles. The van der Waals surface area contributed by atoms with Crippen LogP contribution < -0.4 is 5.73 Å². The number of rotatable bonds is 3. The Kier molecular flexibility index (Phi) is 4.28. The fraction of sp³-hybridized carbons (Fsp3) is 0.200. The summed E-state index contributed by atoms with van der Waals surface area (Å²) in [5.74, 6) is 0. The van der Waals surface area contributed by atoms with Gasteiger partial charge in [-0.15, -0.1) is 0 Å². The second-order valence-corrected chi connectivity index (χ2v) is 5.35. The first-order valence-electron chi connectivity index (χ1n) is 5.86. The lowest BCUT2D eigenvalue weighted by Gasteiger charge is -2.08. The third-order valence-electron chi connectivity index (χ3n) is 2.75. The van der Waals surface area contributed by atoms with Gasteiger partial charge in [-0.25, -0.2) is 0 Å². The first-order chi connectivity index (χ1) is 8.56. The highest BCUT2D eigenvalue weighted by molar-refractivity contribution is 6.36. The second-order valence-electron chi connectivity index (χ2n) is 4.50. The van der Waals surface area contributed by atoms with Crippen LogP contribution >= 0.6 is 23.2 Å². The molecular weight excluding hydrogens is 265 g/mol. The van der Waals surface area contributed by atoms with Crippen molar-refractivity contribution in [3.63, 3.8) is 0 Å². The summed E-state index contributed by atoms with van der Waals surface area (Å²) in [4.78, 5) is 0. The highest BCUT2D eigenvalue weighted by atomic mass is 35.5. The second kappa shape index (κ2) is 5.75. The molecule has 1 atom stereocenters. The summed E-state index contributed by atoms with van der Waals surface area (Å²) in [6.45, 7) is 2.00. The van der Waals surface area contributed by atoms with Gasteiger partial charge in [0.1, 0.15) is 0 Å². The van der Waals surface area contributed by atoms with Crippen LogP contribution in [0.4, 0.5) is 0 Å². The van der Waals surface area contributed by atoms with Gasteiger partial charge >= 0.3 is 0 Å². The molecule has 0 radical (unpaired) electrons. The van der Waals surface area contributed by atoms with Crippen LogP contribution in [0.15, 0.2) is 42.5 Å². The molecule has 2 N–H and O–H groups in total. The predicted molar refractivity (Wildman–Crippen MR) is 79.3 cm³/mol. The lowest BCUT2D eigenvalue weighted by Crippen LogP contribution is -2.17. The standard InChI is InChI=1S/C15H15Cl2N/c1-10(18)8-11-2-4-12(5-3-11)14-7-6-13(16)9-15(14)17/h2-7,9-10H,8,18H2,1H3. The van der Waals surface area contributed by atoms with Crippen molar-refractivity contribution in [3.05, 3.63) is 58.1 Å². The summed E-state index contributed by atoms with van der Waals surface area (Å²) in [6.07, 6.45) is 0.884. The Morgan fingerprint density at radius 3 is 2.28 bits per heavy atom. The number of benzene rings is 2. The molecule has 0 bridgehead atoms. The Balaban J connectivity index is 2.28. The van der Waals surface area contributed by atoms with E-state index in [0.29, 0.717) is 10.0 Å². The summed E-state index contributed by atoms with van der Waals surface area (Å²) in [6, 6.07) is 14.0. The SMILES string of the molecule is CC(N)Cc1ccc(-c2ccc(Cl)cc2Cl)cc1. The van der Waals surface area contributed by atoms with Crippen LogP contribution in [0.2, 0.25) is 10.0 Å². The van der Waals surface area contributed by atoms with Crippen LogP contribution in [0.25, 0.3) is 11.1 Å². The van der Waals surface area contributed by atoms with E-state index in [1.165, 1.54) is 5.56 Å². The van der Waals surface area contributed by atoms with Crippen molar-refractivity contribution in [1.29, 1.82) is 0 Å². The molecule has 1 unspecified atom stereocenters. The van der Waals surface area contributed by atoms with Gasteiger partial charge in [-0.05, 0) is 36.6 Å². The normalized spacial score (nSPS) is 12.4. The number of hydrogen-bond acceptors (Lipinski definition) is 1. The molecule has 3 heteroatoms. The van der Waals surface area contributed by atoms with Crippen molar-refractivity contribution >= 4 is 23.2 Å². The third kappa shape index (κ3) is 3.26. The molecule has 0 heterocycles. The Labute approximate surface area is 118 Å². The largest absolute Gasteiger partial charge is 0.328 e. The van der Waals surface area contributed by atoms with Crippen LogP contribution in [-0.2, 0) is 6.42 Å². The van der Waals surface area contributed by atoms with Crippen molar-refractivity contribution in [2.75, 3.05) is 0 Å². The third-order valence-corrected chi connectivity index (χ3v) is 3.30. The van der Waals surface area contributed by atoms with Crippen LogP contribution in [0.1, 0.15) is 12.5 Å². The van der Waals surface area contributed by atoms with E-state index in [9.17, 15) is 0 Å². The van der Waals surface area contributed by atoms with Gasteiger partial charge in [-0.1, -0.05) is 53.5 Å². The molecular formula is C15H15Cl2N. The van der Waals surface area contributed by atoms with Crippen molar-refractivity contribution in [2.24, 2.45) is 5.73 Å². The van der Waals surface area contributed by atoms with Crippen LogP contribution in [0.3, 0.4) is 0 Å². The lowest BCUT2D eigenvalue weighted by molar-refractivity contribution is 0.738. The van der Waals surface area contributed by atoms with E-state index in [-0.39, 0.29) is 6.04 Å². The molecule has 1 nitrogen and oxygen atoms in total. The van der Waals surface area contributed by atoms with Crippen LogP contribution in [0, 0.1) is 0 Å². The van der Waals surface area contributed by atoms with Gasteiger partial charge in [-0.3, -0.25) is 0 Å². The minimum Gasteiger partial charge on any atom is -0.328 e. The lowest BCUT2D eigenvalue weighted by atomic mass is 10.0. The van der Waals surface area contributed by atoms with Crippen molar-refractivity contribution in [3.8, 4) is 11.1 Å². The maximum atomic E-state index is 6.18. The molecule has 0 aliphatic heterocycles. The first kappa shape index (κ1) is 13.4. The fourth-order valence-electron chi connectivity index (χ4n) is 1.92. The van der Waals surface area contributed by atoms with Gasteiger partial charge < -0.3 is 5.73 Å². The van der Waals surface area contributed by atoms with Crippen molar-refractivity contribution < 1.29 is 0 Å². The maximum Gasteiger partial charge on any atom is 0.0499 e. The minimum absolute atomic E-state index is 0.176. The summed E-state index contributed by atoms with van der Waals surface area (Å²) >= 11 is 12.1. The van der Waals surface area contributed by atoms with E-state index in [1.54, 1.807) is 6.07 Å². The topological polar surface area (TPSA) is 26.0 Å². The molecule has 0 aliphatic carbocycles. The van der Waals surface area contributed by atoms with E-state index in [0.717, 1.165) is 17.5 Å². The van der Waals surface area contributed by atoms with E-state index in [4.69, 9.17) is 28.9 Å². The summed E-state index contributed by atoms with van der Waals surface area (Å²) in [5.41, 5.74) is 9.10. The predicted octanol–water partition coefficient (Wildman–Crippen LogP) is 4.55. The van der Waals surface area contributed by atoms with E-state index < -0.39 is 0 Å². The van der Waals surface area contributed by atoms with Gasteiger partial charge in [0.2, 0.25) is 0 Å². The van der Waals surface area contributed by atoms with E-state index >= 15 is 0 Å². The first-order valence-corrected chi connectivity index (χ1v) is 6.62. The Morgan fingerprint density at radius 2 is 1.72 bits per heavy atom. The van der Waals surface area contributed by atoms with E-state index in [1.807, 2.05) is 19.1 Å². The van der Waals surface area contributed by atoms with Gasteiger partial charge in [-0.2, -0.15) is 0 Å².